The summed E-state index contributed by atoms with van der Waals surface area (Å²) in [7, 11) is 0. The van der Waals surface area contributed by atoms with Crippen LogP contribution in [-0.4, -0.2) is 10.9 Å². The van der Waals surface area contributed by atoms with E-state index in [9.17, 15) is 4.79 Å². The molecule has 0 saturated carbocycles. The first-order valence-electron chi connectivity index (χ1n) is 4.72. The molecule has 0 aromatic carbocycles. The van der Waals surface area contributed by atoms with Crippen LogP contribution in [0.25, 0.3) is 0 Å². The van der Waals surface area contributed by atoms with Gasteiger partial charge in [0.1, 0.15) is 5.82 Å². The quantitative estimate of drug-likeness (QED) is 0.720. The normalized spacial score (nSPS) is 7.43. The molecule has 14 heavy (non-hydrogen) atoms. The molecule has 0 radical (unpaired) electrons. The van der Waals surface area contributed by atoms with Crippen molar-refractivity contribution < 1.29 is 4.79 Å². The van der Waals surface area contributed by atoms with Crippen LogP contribution in [0.2, 0.25) is 0 Å². The highest BCUT2D eigenvalue weighted by Crippen LogP contribution is 2.03. The summed E-state index contributed by atoms with van der Waals surface area (Å²) >= 11 is 0. The maximum atomic E-state index is 10.5. The number of nitrogens with two attached hydrogens (primary N) is 2. The fourth-order valence-electron chi connectivity index (χ4n) is 0.626. The minimum Gasteiger partial charge on any atom is -0.383 e. The minimum absolute atomic E-state index is 0.176. The van der Waals surface area contributed by atoms with Gasteiger partial charge in [-0.05, 0) is 12.1 Å². The molecule has 0 spiro atoms. The first-order valence-corrected chi connectivity index (χ1v) is 4.72. The molecule has 0 atom stereocenters. The van der Waals surface area contributed by atoms with Gasteiger partial charge in [-0.15, -0.1) is 0 Å². The zero-order valence-electron chi connectivity index (χ0n) is 9.24. The summed E-state index contributed by atoms with van der Waals surface area (Å²) in [5.41, 5.74) is 10.5. The summed E-state index contributed by atoms with van der Waals surface area (Å²) in [5.74, 6) is -0.374. The van der Waals surface area contributed by atoms with Crippen molar-refractivity contribution in [2.75, 3.05) is 5.73 Å². The molecule has 0 aliphatic carbocycles. The number of nitrogen functional groups attached to an aromatic ring is 1. The molecule has 0 saturated heterocycles. The summed E-state index contributed by atoms with van der Waals surface area (Å²) in [5, 5.41) is 0. The number of anilines is 1. The lowest BCUT2D eigenvalue weighted by Crippen LogP contribution is -2.13. The van der Waals surface area contributed by atoms with Crippen molar-refractivity contribution in [3.63, 3.8) is 0 Å². The second kappa shape index (κ2) is 9.51. The van der Waals surface area contributed by atoms with Crippen molar-refractivity contribution in [1.82, 2.24) is 4.98 Å². The van der Waals surface area contributed by atoms with Crippen LogP contribution in [0, 0.1) is 0 Å². The first-order chi connectivity index (χ1) is 6.72. The van der Waals surface area contributed by atoms with Gasteiger partial charge in [-0.25, -0.2) is 4.98 Å². The topological polar surface area (TPSA) is 82.0 Å². The molecule has 0 unspecified atom stereocenters. The number of aromatic nitrogens is 1. The van der Waals surface area contributed by atoms with Crippen molar-refractivity contribution >= 4 is 11.7 Å². The number of primary amides is 1. The van der Waals surface area contributed by atoms with E-state index in [2.05, 4.69) is 4.98 Å². The van der Waals surface area contributed by atoms with Gasteiger partial charge in [-0.2, -0.15) is 0 Å². The van der Waals surface area contributed by atoms with Crippen LogP contribution >= 0.6 is 0 Å². The number of pyridine rings is 1. The van der Waals surface area contributed by atoms with Crippen molar-refractivity contribution in [3.8, 4) is 0 Å². The maximum absolute atomic E-state index is 10.5. The number of rotatable bonds is 1. The predicted octanol–water partition coefficient (Wildman–Crippen LogP) is 1.82. The van der Waals surface area contributed by atoms with Gasteiger partial charge in [-0.3, -0.25) is 4.79 Å². The number of nitrogens with zero attached hydrogens (tertiary/aromatic N) is 1. The largest absolute Gasteiger partial charge is 0.383 e. The van der Waals surface area contributed by atoms with Crippen molar-refractivity contribution in [1.29, 1.82) is 0 Å². The van der Waals surface area contributed by atoms with E-state index < -0.39 is 5.91 Å². The molecule has 0 aliphatic heterocycles. The predicted molar refractivity (Wildman–Crippen MR) is 59.9 cm³/mol. The molecule has 4 nitrogen and oxygen atoms in total. The van der Waals surface area contributed by atoms with Gasteiger partial charge in [0, 0.05) is 6.20 Å². The Balaban J connectivity index is 0. The lowest BCUT2D eigenvalue weighted by molar-refractivity contribution is 0.100. The molecule has 1 rings (SSSR count). The fraction of sp³-hybridized carbons (Fsp3) is 0.400. The Labute approximate surface area is 85.3 Å². The van der Waals surface area contributed by atoms with Crippen molar-refractivity contribution in [2.45, 2.75) is 27.7 Å². The van der Waals surface area contributed by atoms with E-state index in [4.69, 9.17) is 11.5 Å². The third-order valence-corrected chi connectivity index (χ3v) is 1.10. The van der Waals surface area contributed by atoms with E-state index >= 15 is 0 Å². The van der Waals surface area contributed by atoms with Crippen LogP contribution in [0.4, 0.5) is 5.82 Å². The summed E-state index contributed by atoms with van der Waals surface area (Å²) < 4.78 is 0. The van der Waals surface area contributed by atoms with Gasteiger partial charge in [0.05, 0.1) is 5.56 Å². The highest BCUT2D eigenvalue weighted by molar-refractivity contribution is 5.96. The summed E-state index contributed by atoms with van der Waals surface area (Å²) in [4.78, 5) is 14.2. The monoisotopic (exact) mass is 197 g/mol. The smallest absolute Gasteiger partial charge is 0.252 e. The second-order valence-electron chi connectivity index (χ2n) is 1.80. The molecular weight excluding hydrogens is 178 g/mol. The maximum Gasteiger partial charge on any atom is 0.252 e. The standard InChI is InChI=1S/C6H7N3O.2C2H6/c7-5-4(6(8)10)2-1-3-9-5;2*1-2/h1-3H,(H2,7,9)(H2,8,10);2*1-2H3. The Morgan fingerprint density at radius 2 is 1.79 bits per heavy atom. The van der Waals surface area contributed by atoms with Gasteiger partial charge in [0.15, 0.2) is 0 Å². The summed E-state index contributed by atoms with van der Waals surface area (Å²) in [6.07, 6.45) is 1.50. The van der Waals surface area contributed by atoms with E-state index in [0.717, 1.165) is 0 Å². The molecule has 0 bridgehead atoms. The third-order valence-electron chi connectivity index (χ3n) is 1.10. The van der Waals surface area contributed by atoms with Crippen LogP contribution in [-0.2, 0) is 0 Å². The van der Waals surface area contributed by atoms with Crippen LogP contribution in [0.5, 0.6) is 0 Å². The van der Waals surface area contributed by atoms with Crippen LogP contribution in [0.3, 0.4) is 0 Å². The number of carbonyl (C=O) groups excluding carboxylic acids is 1. The number of hydrogen-bond acceptors (Lipinski definition) is 3. The second-order valence-corrected chi connectivity index (χ2v) is 1.80. The van der Waals surface area contributed by atoms with Crippen molar-refractivity contribution in [2.24, 2.45) is 5.73 Å². The first kappa shape index (κ1) is 14.9. The highest BCUT2D eigenvalue weighted by atomic mass is 16.1. The molecule has 1 aromatic heterocycles. The van der Waals surface area contributed by atoms with Gasteiger partial charge in [0.2, 0.25) is 0 Å². The van der Waals surface area contributed by atoms with E-state index in [1.54, 1.807) is 6.07 Å². The van der Waals surface area contributed by atoms with Crippen LogP contribution in [0.1, 0.15) is 38.1 Å². The highest BCUT2D eigenvalue weighted by Gasteiger charge is 2.02. The Hall–Kier alpha value is -1.58. The summed E-state index contributed by atoms with van der Waals surface area (Å²) in [6.45, 7) is 8.00. The molecule has 0 aliphatic rings. The molecule has 1 aromatic rings. The lowest BCUT2D eigenvalue weighted by atomic mass is 10.2. The number of hydrogen-bond donors (Lipinski definition) is 2. The zero-order chi connectivity index (χ0) is 11.6. The minimum atomic E-state index is -0.550. The van der Waals surface area contributed by atoms with E-state index in [-0.39, 0.29) is 11.4 Å². The Morgan fingerprint density at radius 1 is 1.29 bits per heavy atom. The summed E-state index contributed by atoms with van der Waals surface area (Å²) in [6, 6.07) is 3.14. The van der Waals surface area contributed by atoms with Gasteiger partial charge in [0.25, 0.3) is 5.91 Å². The fourth-order valence-corrected chi connectivity index (χ4v) is 0.626. The third kappa shape index (κ3) is 5.13. The van der Waals surface area contributed by atoms with Crippen molar-refractivity contribution in [3.05, 3.63) is 23.9 Å². The number of carbonyl (C=O) groups is 1. The lowest BCUT2D eigenvalue weighted by Gasteiger charge is -1.96. The average Bonchev–Trinajstić information content (AvgIpc) is 2.24. The molecule has 0 fully saturated rings. The molecule has 4 N–H and O–H groups in total. The molecule has 80 valence electrons. The molecule has 1 heterocycles. The zero-order valence-corrected chi connectivity index (χ0v) is 9.24. The van der Waals surface area contributed by atoms with Gasteiger partial charge < -0.3 is 11.5 Å². The Bertz CT molecular complexity index is 261. The average molecular weight is 197 g/mol. The Kier molecular flexibility index (Phi) is 10.1. The Morgan fingerprint density at radius 3 is 2.07 bits per heavy atom. The van der Waals surface area contributed by atoms with Gasteiger partial charge in [-0.1, -0.05) is 27.7 Å². The molecule has 4 heteroatoms. The molecule has 1 amide bonds. The number of amides is 1. The van der Waals surface area contributed by atoms with Crippen LogP contribution < -0.4 is 11.5 Å². The van der Waals surface area contributed by atoms with Gasteiger partial charge >= 0.3 is 0 Å². The van der Waals surface area contributed by atoms with E-state index in [1.807, 2.05) is 27.7 Å². The van der Waals surface area contributed by atoms with E-state index in [0.29, 0.717) is 0 Å². The SMILES string of the molecule is CC.CC.NC(=O)c1cccnc1N. The van der Waals surface area contributed by atoms with E-state index in [1.165, 1.54) is 12.3 Å². The van der Waals surface area contributed by atoms with Crippen LogP contribution in [0.15, 0.2) is 18.3 Å². The molecular formula is C10H19N3O.